The summed E-state index contributed by atoms with van der Waals surface area (Å²) in [7, 11) is 0. The summed E-state index contributed by atoms with van der Waals surface area (Å²) in [6, 6.07) is -0.115. The first kappa shape index (κ1) is 12.5. The largest absolute Gasteiger partial charge is 0.481 e. The van der Waals surface area contributed by atoms with Gasteiger partial charge in [-0.15, -0.1) is 6.58 Å². The molecule has 1 fully saturated rings. The van der Waals surface area contributed by atoms with Gasteiger partial charge in [0.2, 0.25) is 0 Å². The predicted molar refractivity (Wildman–Crippen MR) is 60.1 cm³/mol. The summed E-state index contributed by atoms with van der Waals surface area (Å²) in [6.45, 7) is 6.89. The average molecular weight is 226 g/mol. The first-order valence-corrected chi connectivity index (χ1v) is 5.42. The molecule has 0 radical (unpaired) electrons. The third kappa shape index (κ3) is 2.98. The van der Waals surface area contributed by atoms with Crippen molar-refractivity contribution in [3.8, 4) is 0 Å². The van der Waals surface area contributed by atoms with E-state index in [2.05, 4.69) is 11.9 Å². The molecule has 1 heterocycles. The number of carboxylic acid groups (broad SMARTS) is 1. The first-order chi connectivity index (χ1) is 7.56. The van der Waals surface area contributed by atoms with E-state index in [1.807, 2.05) is 0 Å². The van der Waals surface area contributed by atoms with E-state index >= 15 is 0 Å². The van der Waals surface area contributed by atoms with Crippen molar-refractivity contribution in [3.63, 3.8) is 0 Å². The molecule has 16 heavy (non-hydrogen) atoms. The summed E-state index contributed by atoms with van der Waals surface area (Å²) in [5, 5.41) is 11.5. The van der Waals surface area contributed by atoms with Crippen LogP contribution in [0.15, 0.2) is 12.7 Å². The molecule has 1 saturated heterocycles. The van der Waals surface area contributed by atoms with Gasteiger partial charge in [-0.25, -0.2) is 4.79 Å². The van der Waals surface area contributed by atoms with E-state index in [1.165, 1.54) is 0 Å². The van der Waals surface area contributed by atoms with Crippen LogP contribution in [0.4, 0.5) is 4.79 Å². The van der Waals surface area contributed by atoms with E-state index in [9.17, 15) is 9.59 Å². The summed E-state index contributed by atoms with van der Waals surface area (Å²) >= 11 is 0. The molecular formula is C11H18N2O3. The summed E-state index contributed by atoms with van der Waals surface area (Å²) < 4.78 is 0. The number of hydrogen-bond acceptors (Lipinski definition) is 2. The van der Waals surface area contributed by atoms with E-state index in [0.717, 1.165) is 6.42 Å². The van der Waals surface area contributed by atoms with Gasteiger partial charge in [0, 0.05) is 25.6 Å². The molecular weight excluding hydrogens is 208 g/mol. The maximum Gasteiger partial charge on any atom is 0.317 e. The molecule has 1 rings (SSSR count). The lowest BCUT2D eigenvalue weighted by Crippen LogP contribution is -2.56. The van der Waals surface area contributed by atoms with E-state index in [0.29, 0.717) is 19.6 Å². The molecule has 1 atom stereocenters. The molecule has 1 aliphatic heterocycles. The van der Waals surface area contributed by atoms with Gasteiger partial charge in [0.25, 0.3) is 0 Å². The van der Waals surface area contributed by atoms with E-state index in [-0.39, 0.29) is 17.9 Å². The van der Waals surface area contributed by atoms with Crippen LogP contribution in [-0.4, -0.2) is 41.6 Å². The Labute approximate surface area is 95.1 Å². The fourth-order valence-electron chi connectivity index (χ4n) is 1.59. The molecule has 0 spiro atoms. The summed E-state index contributed by atoms with van der Waals surface area (Å²) in [5.41, 5.74) is 0. The molecule has 5 nitrogen and oxygen atoms in total. The average Bonchev–Trinajstić information content (AvgIpc) is 2.15. The van der Waals surface area contributed by atoms with Crippen LogP contribution < -0.4 is 5.32 Å². The zero-order chi connectivity index (χ0) is 12.1. The van der Waals surface area contributed by atoms with Crippen molar-refractivity contribution in [2.45, 2.75) is 13.3 Å². The lowest BCUT2D eigenvalue weighted by Gasteiger charge is -2.41. The third-order valence-corrected chi connectivity index (χ3v) is 2.92. The van der Waals surface area contributed by atoms with Crippen molar-refractivity contribution >= 4 is 12.0 Å². The fraction of sp³-hybridized carbons (Fsp3) is 0.636. The van der Waals surface area contributed by atoms with Gasteiger partial charge in [0.1, 0.15) is 0 Å². The Hall–Kier alpha value is -1.52. The highest BCUT2D eigenvalue weighted by Crippen LogP contribution is 2.23. The molecule has 0 saturated carbocycles. The summed E-state index contributed by atoms with van der Waals surface area (Å²) in [4.78, 5) is 23.8. The highest BCUT2D eigenvalue weighted by atomic mass is 16.4. The highest BCUT2D eigenvalue weighted by molar-refractivity contribution is 5.76. The molecule has 0 bridgehead atoms. The van der Waals surface area contributed by atoms with E-state index in [1.54, 1.807) is 17.9 Å². The molecule has 2 amide bonds. The Morgan fingerprint density at radius 2 is 2.25 bits per heavy atom. The smallest absolute Gasteiger partial charge is 0.317 e. The quantitative estimate of drug-likeness (QED) is 0.541. The number of nitrogens with one attached hydrogen (secondary N) is 1. The molecule has 90 valence electrons. The van der Waals surface area contributed by atoms with Gasteiger partial charge in [-0.1, -0.05) is 13.0 Å². The Balaban J connectivity index is 2.22. The van der Waals surface area contributed by atoms with Crippen LogP contribution >= 0.6 is 0 Å². The molecule has 2 N–H and O–H groups in total. The number of rotatable bonds is 5. The van der Waals surface area contributed by atoms with Crippen LogP contribution in [0.3, 0.4) is 0 Å². The van der Waals surface area contributed by atoms with Crippen molar-refractivity contribution in [2.75, 3.05) is 19.6 Å². The number of likely N-dealkylation sites (tertiary alicyclic amines) is 1. The van der Waals surface area contributed by atoms with E-state index in [4.69, 9.17) is 5.11 Å². The van der Waals surface area contributed by atoms with E-state index < -0.39 is 5.97 Å². The predicted octanol–water partition coefficient (Wildman–Crippen LogP) is 0.925. The van der Waals surface area contributed by atoms with Crippen molar-refractivity contribution in [1.82, 2.24) is 10.2 Å². The van der Waals surface area contributed by atoms with Crippen molar-refractivity contribution < 1.29 is 14.7 Å². The Kier molecular flexibility index (Phi) is 4.34. The van der Waals surface area contributed by atoms with Gasteiger partial charge in [0.05, 0.1) is 5.92 Å². The van der Waals surface area contributed by atoms with Gasteiger partial charge in [-0.05, 0) is 6.42 Å². The number of amides is 2. The zero-order valence-electron chi connectivity index (χ0n) is 9.48. The maximum atomic E-state index is 11.5. The second-order valence-corrected chi connectivity index (χ2v) is 4.10. The summed E-state index contributed by atoms with van der Waals surface area (Å²) in [5.74, 6) is -1.09. The molecule has 1 aliphatic rings. The highest BCUT2D eigenvalue weighted by Gasteiger charge is 2.36. The first-order valence-electron chi connectivity index (χ1n) is 5.42. The number of aliphatic carboxylic acids is 1. The van der Waals surface area contributed by atoms with Gasteiger partial charge in [-0.3, -0.25) is 4.79 Å². The van der Waals surface area contributed by atoms with Crippen LogP contribution in [-0.2, 0) is 4.79 Å². The lowest BCUT2D eigenvalue weighted by molar-refractivity contribution is -0.144. The lowest BCUT2D eigenvalue weighted by atomic mass is 9.87. The molecule has 5 heteroatoms. The molecule has 0 aliphatic carbocycles. The van der Waals surface area contributed by atoms with Crippen LogP contribution in [0.25, 0.3) is 0 Å². The monoisotopic (exact) mass is 226 g/mol. The normalized spacial score (nSPS) is 17.4. The second-order valence-electron chi connectivity index (χ2n) is 4.10. The SMILES string of the molecule is C=CCCNC(=O)N1CC(C(C)C(=O)O)C1. The maximum absolute atomic E-state index is 11.5. The number of carbonyl (C=O) groups excluding carboxylic acids is 1. The van der Waals surface area contributed by atoms with Gasteiger partial charge < -0.3 is 15.3 Å². The molecule has 0 aromatic carbocycles. The molecule has 0 aromatic heterocycles. The van der Waals surface area contributed by atoms with Crippen LogP contribution in [0.5, 0.6) is 0 Å². The minimum Gasteiger partial charge on any atom is -0.481 e. The number of carboxylic acids is 1. The number of carbonyl (C=O) groups is 2. The zero-order valence-corrected chi connectivity index (χ0v) is 9.48. The Morgan fingerprint density at radius 3 is 2.75 bits per heavy atom. The van der Waals surface area contributed by atoms with Crippen molar-refractivity contribution in [1.29, 1.82) is 0 Å². The number of nitrogens with zero attached hydrogens (tertiary/aromatic N) is 1. The van der Waals surface area contributed by atoms with Gasteiger partial charge >= 0.3 is 12.0 Å². The summed E-state index contributed by atoms with van der Waals surface area (Å²) in [6.07, 6.45) is 2.49. The second kappa shape index (κ2) is 5.53. The van der Waals surface area contributed by atoms with Crippen molar-refractivity contribution in [2.24, 2.45) is 11.8 Å². The van der Waals surface area contributed by atoms with Gasteiger partial charge in [-0.2, -0.15) is 0 Å². The third-order valence-electron chi connectivity index (χ3n) is 2.92. The van der Waals surface area contributed by atoms with Crippen molar-refractivity contribution in [3.05, 3.63) is 12.7 Å². The molecule has 0 aromatic rings. The topological polar surface area (TPSA) is 69.6 Å². The minimum absolute atomic E-state index is 0.0858. The fourth-order valence-corrected chi connectivity index (χ4v) is 1.59. The number of urea groups is 1. The van der Waals surface area contributed by atoms with Gasteiger partial charge in [0.15, 0.2) is 0 Å². The Morgan fingerprint density at radius 1 is 1.62 bits per heavy atom. The number of hydrogen-bond donors (Lipinski definition) is 2. The van der Waals surface area contributed by atoms with Crippen LogP contribution in [0.2, 0.25) is 0 Å². The van der Waals surface area contributed by atoms with Crippen LogP contribution in [0.1, 0.15) is 13.3 Å². The Bertz CT molecular complexity index is 285. The standard InChI is InChI=1S/C11H18N2O3/c1-3-4-5-12-11(16)13-6-9(7-13)8(2)10(14)15/h3,8-9H,1,4-7H2,2H3,(H,12,16)(H,14,15). The van der Waals surface area contributed by atoms with Crippen LogP contribution in [0, 0.1) is 11.8 Å². The minimum atomic E-state index is -0.795. The molecule has 1 unspecified atom stereocenters.